The first-order valence-corrected chi connectivity index (χ1v) is 11.3. The molecule has 1 amide bonds. The third-order valence-corrected chi connectivity index (χ3v) is 6.38. The maximum absolute atomic E-state index is 13.1. The largest absolute Gasteiger partial charge is 0.352 e. The minimum absolute atomic E-state index is 0.0764. The number of nitrogens with one attached hydrogen (secondary N) is 2. The van der Waals surface area contributed by atoms with Crippen LogP contribution in [0.5, 0.6) is 0 Å². The van der Waals surface area contributed by atoms with Crippen LogP contribution in [0.1, 0.15) is 25.7 Å². The van der Waals surface area contributed by atoms with Crippen molar-refractivity contribution in [3.8, 4) is 11.4 Å². The molecule has 162 valence electrons. The normalized spacial score (nSPS) is 14.5. The first-order chi connectivity index (χ1) is 14.9. The van der Waals surface area contributed by atoms with Crippen molar-refractivity contribution in [3.05, 3.63) is 54.3 Å². The molecule has 1 fully saturated rings. The van der Waals surface area contributed by atoms with Crippen LogP contribution in [0.25, 0.3) is 11.4 Å². The van der Waals surface area contributed by atoms with Crippen LogP contribution < -0.4 is 10.0 Å². The summed E-state index contributed by atoms with van der Waals surface area (Å²) < 4.78 is 40.9. The molecule has 2 aromatic carbocycles. The van der Waals surface area contributed by atoms with Crippen LogP contribution >= 0.6 is 0 Å². The molecule has 1 aliphatic carbocycles. The third kappa shape index (κ3) is 5.05. The molecule has 0 spiro atoms. The van der Waals surface area contributed by atoms with E-state index in [1.54, 1.807) is 24.3 Å². The molecule has 3 aromatic rings. The molecule has 1 aromatic heterocycles. The maximum atomic E-state index is 13.1. The number of rotatable bonds is 7. The Morgan fingerprint density at radius 1 is 1.10 bits per heavy atom. The molecule has 1 aliphatic rings. The van der Waals surface area contributed by atoms with Gasteiger partial charge in [0.15, 0.2) is 0 Å². The highest BCUT2D eigenvalue weighted by Gasteiger charge is 2.20. The SMILES string of the molecule is O=C(Cn1nnc(-c2ccccc2NS(=O)(=O)c2ccc(F)cc2)n1)NC1CCCC1. The number of tetrazole rings is 1. The number of amides is 1. The van der Waals surface area contributed by atoms with E-state index >= 15 is 0 Å². The number of carbonyl (C=O) groups excluding carboxylic acids is 1. The first kappa shape index (κ1) is 20.9. The van der Waals surface area contributed by atoms with Crippen LogP contribution in [0.3, 0.4) is 0 Å². The molecule has 9 nitrogen and oxygen atoms in total. The molecular formula is C20H21FN6O3S. The second kappa shape index (κ2) is 8.80. The number of hydrogen-bond donors (Lipinski definition) is 2. The van der Waals surface area contributed by atoms with Gasteiger partial charge in [0.1, 0.15) is 12.4 Å². The fraction of sp³-hybridized carbons (Fsp3) is 0.300. The van der Waals surface area contributed by atoms with E-state index < -0.39 is 15.8 Å². The predicted octanol–water partition coefficient (Wildman–Crippen LogP) is 2.34. The molecule has 0 aliphatic heterocycles. The van der Waals surface area contributed by atoms with Crippen LogP contribution in [0.4, 0.5) is 10.1 Å². The summed E-state index contributed by atoms with van der Waals surface area (Å²) in [4.78, 5) is 13.3. The zero-order valence-electron chi connectivity index (χ0n) is 16.5. The standard InChI is InChI=1S/C20H21FN6O3S/c21-14-9-11-16(12-10-14)31(29,30)25-18-8-4-3-7-17(18)20-23-26-27(24-20)13-19(28)22-15-5-1-2-6-15/h3-4,7-12,15,25H,1-2,5-6,13H2,(H,22,28). The van der Waals surface area contributed by atoms with Crippen molar-refractivity contribution in [1.82, 2.24) is 25.5 Å². The summed E-state index contributed by atoms with van der Waals surface area (Å²) in [5, 5.41) is 15.0. The van der Waals surface area contributed by atoms with Gasteiger partial charge in [0.25, 0.3) is 10.0 Å². The average Bonchev–Trinajstić information content (AvgIpc) is 3.41. The lowest BCUT2D eigenvalue weighted by molar-refractivity contribution is -0.122. The topological polar surface area (TPSA) is 119 Å². The van der Waals surface area contributed by atoms with E-state index in [2.05, 4.69) is 25.4 Å². The molecule has 31 heavy (non-hydrogen) atoms. The minimum Gasteiger partial charge on any atom is -0.352 e. The smallest absolute Gasteiger partial charge is 0.261 e. The zero-order chi connectivity index (χ0) is 21.8. The van der Waals surface area contributed by atoms with Crippen LogP contribution in [0.15, 0.2) is 53.4 Å². The molecule has 1 heterocycles. The minimum atomic E-state index is -3.95. The highest BCUT2D eigenvalue weighted by atomic mass is 32.2. The molecule has 0 bridgehead atoms. The van der Waals surface area contributed by atoms with E-state index in [1.165, 1.54) is 16.9 Å². The number of carbonyl (C=O) groups is 1. The van der Waals surface area contributed by atoms with Crippen LogP contribution in [-0.4, -0.2) is 40.6 Å². The molecule has 1 saturated carbocycles. The summed E-state index contributed by atoms with van der Waals surface area (Å²) in [5.74, 6) is -0.552. The lowest BCUT2D eigenvalue weighted by atomic mass is 10.2. The van der Waals surface area contributed by atoms with E-state index in [9.17, 15) is 17.6 Å². The van der Waals surface area contributed by atoms with E-state index in [0.29, 0.717) is 5.56 Å². The van der Waals surface area contributed by atoms with Gasteiger partial charge in [-0.1, -0.05) is 25.0 Å². The van der Waals surface area contributed by atoms with Crippen molar-refractivity contribution in [3.63, 3.8) is 0 Å². The van der Waals surface area contributed by atoms with Gasteiger partial charge >= 0.3 is 0 Å². The number of sulfonamides is 1. The second-order valence-corrected chi connectivity index (χ2v) is 8.98. The van der Waals surface area contributed by atoms with Gasteiger partial charge in [-0.05, 0) is 54.5 Å². The quantitative estimate of drug-likeness (QED) is 0.577. The van der Waals surface area contributed by atoms with Crippen molar-refractivity contribution in [2.45, 2.75) is 43.2 Å². The third-order valence-electron chi connectivity index (χ3n) is 4.99. The summed E-state index contributed by atoms with van der Waals surface area (Å²) in [6.07, 6.45) is 4.18. The maximum Gasteiger partial charge on any atom is 0.261 e. The molecule has 11 heteroatoms. The fourth-order valence-electron chi connectivity index (χ4n) is 3.47. The monoisotopic (exact) mass is 444 g/mol. The van der Waals surface area contributed by atoms with Crippen molar-refractivity contribution in [2.24, 2.45) is 0 Å². The Morgan fingerprint density at radius 3 is 2.55 bits per heavy atom. The average molecular weight is 444 g/mol. The van der Waals surface area contributed by atoms with Gasteiger partial charge < -0.3 is 5.32 Å². The summed E-state index contributed by atoms with van der Waals surface area (Å²) in [7, 11) is -3.95. The highest BCUT2D eigenvalue weighted by Crippen LogP contribution is 2.27. The van der Waals surface area contributed by atoms with Gasteiger partial charge in [0.2, 0.25) is 11.7 Å². The number of halogens is 1. The molecule has 2 N–H and O–H groups in total. The number of benzene rings is 2. The molecule has 0 saturated heterocycles. The zero-order valence-corrected chi connectivity index (χ0v) is 17.3. The predicted molar refractivity (Wildman–Crippen MR) is 111 cm³/mol. The van der Waals surface area contributed by atoms with Gasteiger partial charge in [-0.3, -0.25) is 9.52 Å². The number of aromatic nitrogens is 4. The lowest BCUT2D eigenvalue weighted by Crippen LogP contribution is -2.35. The van der Waals surface area contributed by atoms with Crippen molar-refractivity contribution < 1.29 is 17.6 Å². The first-order valence-electron chi connectivity index (χ1n) is 9.86. The molecule has 0 unspecified atom stereocenters. The van der Waals surface area contributed by atoms with Gasteiger partial charge in [-0.2, -0.15) is 4.80 Å². The van der Waals surface area contributed by atoms with Gasteiger partial charge in [0, 0.05) is 11.6 Å². The van der Waals surface area contributed by atoms with Gasteiger partial charge in [-0.25, -0.2) is 12.8 Å². The van der Waals surface area contributed by atoms with Gasteiger partial charge in [-0.15, -0.1) is 10.2 Å². The molecule has 0 radical (unpaired) electrons. The van der Waals surface area contributed by atoms with E-state index in [4.69, 9.17) is 0 Å². The van der Waals surface area contributed by atoms with E-state index in [1.807, 2.05) is 0 Å². The van der Waals surface area contributed by atoms with Gasteiger partial charge in [0.05, 0.1) is 10.6 Å². The Labute approximate surface area is 178 Å². The Kier molecular flexibility index (Phi) is 5.94. The summed E-state index contributed by atoms with van der Waals surface area (Å²) >= 11 is 0. The summed E-state index contributed by atoms with van der Waals surface area (Å²) in [6.45, 7) is -0.0764. The summed E-state index contributed by atoms with van der Waals surface area (Å²) in [6, 6.07) is 11.3. The number of nitrogens with zero attached hydrogens (tertiary/aromatic N) is 4. The van der Waals surface area contributed by atoms with Crippen molar-refractivity contribution in [1.29, 1.82) is 0 Å². The second-order valence-electron chi connectivity index (χ2n) is 7.30. The number of anilines is 1. The lowest BCUT2D eigenvalue weighted by Gasteiger charge is -2.11. The highest BCUT2D eigenvalue weighted by molar-refractivity contribution is 7.92. The molecule has 4 rings (SSSR count). The van der Waals surface area contributed by atoms with Crippen molar-refractivity contribution >= 4 is 21.6 Å². The molecular weight excluding hydrogens is 423 g/mol. The Hall–Kier alpha value is -3.34. The van der Waals surface area contributed by atoms with Crippen LogP contribution in [-0.2, 0) is 21.4 Å². The molecule has 0 atom stereocenters. The summed E-state index contributed by atoms with van der Waals surface area (Å²) in [5.41, 5.74) is 0.636. The van der Waals surface area contributed by atoms with Crippen LogP contribution in [0, 0.1) is 5.82 Å². The van der Waals surface area contributed by atoms with E-state index in [-0.39, 0.29) is 34.9 Å². The number of para-hydroxylation sites is 1. The van der Waals surface area contributed by atoms with E-state index in [0.717, 1.165) is 37.8 Å². The van der Waals surface area contributed by atoms with Crippen molar-refractivity contribution in [2.75, 3.05) is 4.72 Å². The Bertz CT molecular complexity index is 1170. The Balaban J connectivity index is 1.51. The van der Waals surface area contributed by atoms with Crippen LogP contribution in [0.2, 0.25) is 0 Å². The Morgan fingerprint density at radius 2 is 1.81 bits per heavy atom. The number of hydrogen-bond acceptors (Lipinski definition) is 6. The fourth-order valence-corrected chi connectivity index (χ4v) is 4.55.